The van der Waals surface area contributed by atoms with Gasteiger partial charge in [-0.15, -0.1) is 0 Å². The van der Waals surface area contributed by atoms with E-state index in [1.165, 1.54) is 10.8 Å². The van der Waals surface area contributed by atoms with E-state index in [0.29, 0.717) is 0 Å². The van der Waals surface area contributed by atoms with Crippen molar-refractivity contribution in [1.82, 2.24) is 14.1 Å². The number of hydrogen-bond donors (Lipinski definition) is 1. The van der Waals surface area contributed by atoms with Gasteiger partial charge >= 0.3 is 5.97 Å². The number of fused-ring (bicyclic) bond motifs is 6. The van der Waals surface area contributed by atoms with E-state index in [2.05, 4.69) is 57.7 Å². The van der Waals surface area contributed by atoms with Crippen molar-refractivity contribution >= 4 is 49.6 Å². The summed E-state index contributed by atoms with van der Waals surface area (Å²) in [6.07, 6.45) is 0. The van der Waals surface area contributed by atoms with Gasteiger partial charge in [-0.1, -0.05) is 60.7 Å². The fourth-order valence-electron chi connectivity index (χ4n) is 5.18. The summed E-state index contributed by atoms with van der Waals surface area (Å²) in [6, 6.07) is 36.1. The van der Waals surface area contributed by atoms with Gasteiger partial charge in [0.2, 0.25) is 0 Å². The molecule has 166 valence electrons. The van der Waals surface area contributed by atoms with E-state index in [-0.39, 0.29) is 5.56 Å². The monoisotopic (exact) mass is 453 g/mol. The van der Waals surface area contributed by atoms with Crippen LogP contribution in [0.25, 0.3) is 55.2 Å². The first-order valence-corrected chi connectivity index (χ1v) is 11.4. The van der Waals surface area contributed by atoms with Crippen LogP contribution in [-0.4, -0.2) is 25.2 Å². The van der Waals surface area contributed by atoms with Crippen LogP contribution >= 0.6 is 0 Å². The number of nitrogens with zero attached hydrogens (tertiary/aromatic N) is 3. The topological polar surface area (TPSA) is 60.0 Å². The summed E-state index contributed by atoms with van der Waals surface area (Å²) in [7, 11) is 0. The Kier molecular flexibility index (Phi) is 4.08. The van der Waals surface area contributed by atoms with Gasteiger partial charge in [0.15, 0.2) is 0 Å². The molecule has 7 rings (SSSR count). The standard InChI is InChI=1S/C30H19N3O2/c34-30(35)19-16-17-27-23(18-19)22-10-3-6-13-26(22)33(27)29-15-7-14-28(31-29)32-24-11-4-1-8-20(24)21-9-2-5-12-25(21)32/h1-18H,(H,34,35). The minimum Gasteiger partial charge on any atom is -0.478 e. The van der Waals surface area contributed by atoms with E-state index in [1.54, 1.807) is 12.1 Å². The highest BCUT2D eigenvalue weighted by Gasteiger charge is 2.17. The van der Waals surface area contributed by atoms with Crippen LogP contribution in [0.1, 0.15) is 10.4 Å². The molecule has 0 saturated heterocycles. The number of para-hydroxylation sites is 3. The summed E-state index contributed by atoms with van der Waals surface area (Å²) in [4.78, 5) is 16.8. The molecule has 0 spiro atoms. The number of carboxylic acids is 1. The zero-order chi connectivity index (χ0) is 23.5. The average molecular weight is 454 g/mol. The second-order valence-electron chi connectivity index (χ2n) is 8.61. The first-order valence-electron chi connectivity index (χ1n) is 11.4. The lowest BCUT2D eigenvalue weighted by Crippen LogP contribution is -2.03. The van der Waals surface area contributed by atoms with Crippen LogP contribution in [0.5, 0.6) is 0 Å². The van der Waals surface area contributed by atoms with Gasteiger partial charge < -0.3 is 5.11 Å². The zero-order valence-corrected chi connectivity index (χ0v) is 18.6. The molecule has 4 aromatic carbocycles. The molecule has 0 aliphatic rings. The molecule has 0 radical (unpaired) electrons. The SMILES string of the molecule is O=C(O)c1ccc2c(c1)c1ccccc1n2-c1cccc(-n2c3ccccc3c3ccccc32)n1. The second kappa shape index (κ2) is 7.30. The number of aromatic nitrogens is 3. The second-order valence-corrected chi connectivity index (χ2v) is 8.61. The number of benzene rings is 4. The summed E-state index contributed by atoms with van der Waals surface area (Å²) < 4.78 is 4.30. The van der Waals surface area contributed by atoms with Crippen LogP contribution in [0, 0.1) is 0 Å². The molecule has 0 amide bonds. The van der Waals surface area contributed by atoms with Gasteiger partial charge in [-0.25, -0.2) is 9.78 Å². The molecule has 0 aliphatic carbocycles. The average Bonchev–Trinajstić information content (AvgIpc) is 3.41. The maximum Gasteiger partial charge on any atom is 0.335 e. The summed E-state index contributed by atoms with van der Waals surface area (Å²) >= 11 is 0. The van der Waals surface area contributed by atoms with Crippen molar-refractivity contribution in [2.75, 3.05) is 0 Å². The Labute approximate surface area is 200 Å². The molecule has 5 nitrogen and oxygen atoms in total. The molecule has 5 heteroatoms. The number of rotatable bonds is 3. The maximum atomic E-state index is 11.6. The van der Waals surface area contributed by atoms with Crippen LogP contribution in [0.2, 0.25) is 0 Å². The van der Waals surface area contributed by atoms with Crippen molar-refractivity contribution in [3.8, 4) is 11.6 Å². The molecule has 0 aliphatic heterocycles. The normalized spacial score (nSPS) is 11.7. The molecule has 0 fully saturated rings. The van der Waals surface area contributed by atoms with Crippen molar-refractivity contribution < 1.29 is 9.90 Å². The van der Waals surface area contributed by atoms with Crippen molar-refractivity contribution in [2.45, 2.75) is 0 Å². The van der Waals surface area contributed by atoms with E-state index in [4.69, 9.17) is 4.98 Å². The molecule has 0 saturated carbocycles. The molecule has 0 atom stereocenters. The van der Waals surface area contributed by atoms with E-state index >= 15 is 0 Å². The maximum absolute atomic E-state index is 11.6. The predicted molar refractivity (Wildman–Crippen MR) is 140 cm³/mol. The van der Waals surface area contributed by atoms with Crippen molar-refractivity contribution in [3.05, 3.63) is 115 Å². The highest BCUT2D eigenvalue weighted by Crippen LogP contribution is 2.34. The number of carboxylic acid groups (broad SMARTS) is 1. The molecule has 3 aromatic heterocycles. The van der Waals surface area contributed by atoms with Gasteiger partial charge in [-0.05, 0) is 48.5 Å². The highest BCUT2D eigenvalue weighted by molar-refractivity contribution is 6.11. The van der Waals surface area contributed by atoms with Gasteiger partial charge in [-0.3, -0.25) is 9.13 Å². The van der Waals surface area contributed by atoms with E-state index in [0.717, 1.165) is 44.5 Å². The largest absolute Gasteiger partial charge is 0.478 e. The van der Waals surface area contributed by atoms with E-state index in [9.17, 15) is 9.90 Å². The molecule has 3 heterocycles. The van der Waals surface area contributed by atoms with Crippen LogP contribution < -0.4 is 0 Å². The number of aromatic carboxylic acids is 1. The summed E-state index contributed by atoms with van der Waals surface area (Å²) in [5.74, 6) is 0.668. The molecule has 1 N–H and O–H groups in total. The first kappa shape index (κ1) is 19.6. The first-order chi connectivity index (χ1) is 17.2. The Morgan fingerprint density at radius 3 is 1.51 bits per heavy atom. The van der Waals surface area contributed by atoms with Gasteiger partial charge in [-0.2, -0.15) is 0 Å². The fourth-order valence-corrected chi connectivity index (χ4v) is 5.18. The van der Waals surface area contributed by atoms with Crippen molar-refractivity contribution in [3.63, 3.8) is 0 Å². The Balaban J connectivity index is 1.53. The summed E-state index contributed by atoms with van der Waals surface area (Å²) in [5.41, 5.74) is 4.38. The Bertz CT molecular complexity index is 1890. The molecular formula is C30H19N3O2. The lowest BCUT2D eigenvalue weighted by atomic mass is 10.1. The van der Waals surface area contributed by atoms with Crippen LogP contribution in [0.15, 0.2) is 109 Å². The van der Waals surface area contributed by atoms with Crippen LogP contribution in [0.3, 0.4) is 0 Å². The molecular weight excluding hydrogens is 434 g/mol. The predicted octanol–water partition coefficient (Wildman–Crippen LogP) is 6.97. The van der Waals surface area contributed by atoms with Gasteiger partial charge in [0, 0.05) is 21.5 Å². The van der Waals surface area contributed by atoms with Crippen molar-refractivity contribution in [2.24, 2.45) is 0 Å². The highest BCUT2D eigenvalue weighted by atomic mass is 16.4. The number of pyridine rings is 1. The minimum atomic E-state index is -0.935. The lowest BCUT2D eigenvalue weighted by Gasteiger charge is -2.11. The van der Waals surface area contributed by atoms with E-state index < -0.39 is 5.97 Å². The summed E-state index contributed by atoms with van der Waals surface area (Å²) in [5, 5.41) is 13.8. The third-order valence-corrected chi connectivity index (χ3v) is 6.68. The smallest absolute Gasteiger partial charge is 0.335 e. The van der Waals surface area contributed by atoms with Gasteiger partial charge in [0.05, 0.1) is 27.6 Å². The third-order valence-electron chi connectivity index (χ3n) is 6.68. The van der Waals surface area contributed by atoms with Crippen LogP contribution in [0.4, 0.5) is 0 Å². The molecule has 35 heavy (non-hydrogen) atoms. The van der Waals surface area contributed by atoms with Gasteiger partial charge in [0.1, 0.15) is 11.6 Å². The third kappa shape index (κ3) is 2.82. The van der Waals surface area contributed by atoms with Crippen LogP contribution in [-0.2, 0) is 0 Å². The number of hydrogen-bond acceptors (Lipinski definition) is 2. The number of carbonyl (C=O) groups is 1. The van der Waals surface area contributed by atoms with Gasteiger partial charge in [0.25, 0.3) is 0 Å². The van der Waals surface area contributed by atoms with E-state index in [1.807, 2.05) is 48.5 Å². The Morgan fingerprint density at radius 2 is 1.00 bits per heavy atom. The Hall–Kier alpha value is -4.90. The lowest BCUT2D eigenvalue weighted by molar-refractivity contribution is 0.0697. The molecule has 7 aromatic rings. The Morgan fingerprint density at radius 1 is 0.543 bits per heavy atom. The molecule has 0 bridgehead atoms. The zero-order valence-electron chi connectivity index (χ0n) is 18.6. The minimum absolute atomic E-state index is 0.271. The summed E-state index contributed by atoms with van der Waals surface area (Å²) in [6.45, 7) is 0. The quantitative estimate of drug-likeness (QED) is 0.314. The fraction of sp³-hybridized carbons (Fsp3) is 0. The molecule has 0 unspecified atom stereocenters. The van der Waals surface area contributed by atoms with Crippen molar-refractivity contribution in [1.29, 1.82) is 0 Å².